The van der Waals surface area contributed by atoms with Crippen molar-refractivity contribution in [3.63, 3.8) is 0 Å². The number of nitrogens with one attached hydrogen (secondary N) is 2. The summed E-state index contributed by atoms with van der Waals surface area (Å²) in [4.78, 5) is 11.8. The van der Waals surface area contributed by atoms with Gasteiger partial charge in [-0.05, 0) is 29.8 Å². The van der Waals surface area contributed by atoms with E-state index in [1.807, 2.05) is 6.07 Å². The molecule has 0 aromatic heterocycles. The molecule has 0 atom stereocenters. The summed E-state index contributed by atoms with van der Waals surface area (Å²) < 4.78 is 13.6. The van der Waals surface area contributed by atoms with Gasteiger partial charge < -0.3 is 10.6 Å². The van der Waals surface area contributed by atoms with E-state index in [2.05, 4.69) is 10.6 Å². The highest BCUT2D eigenvalue weighted by atomic mass is 35.5. The highest BCUT2D eigenvalue weighted by Gasteiger charge is 2.08. The fourth-order valence-corrected chi connectivity index (χ4v) is 1.99. The first-order valence-electron chi connectivity index (χ1n) is 6.54. The molecular formula is C16H13ClFN3O. The Morgan fingerprint density at radius 1 is 1.23 bits per heavy atom. The van der Waals surface area contributed by atoms with Crippen LogP contribution in [0.1, 0.15) is 5.56 Å². The van der Waals surface area contributed by atoms with Gasteiger partial charge in [0, 0.05) is 5.69 Å². The molecule has 0 saturated heterocycles. The minimum absolute atomic E-state index is 0.00140. The van der Waals surface area contributed by atoms with E-state index < -0.39 is 5.82 Å². The van der Waals surface area contributed by atoms with E-state index in [-0.39, 0.29) is 23.2 Å². The highest BCUT2D eigenvalue weighted by molar-refractivity contribution is 6.31. The van der Waals surface area contributed by atoms with E-state index in [1.165, 1.54) is 12.1 Å². The lowest BCUT2D eigenvalue weighted by Gasteiger charge is -2.09. The molecule has 0 unspecified atom stereocenters. The molecule has 0 spiro atoms. The second-order valence-electron chi connectivity index (χ2n) is 4.53. The minimum Gasteiger partial charge on any atom is -0.374 e. The maximum Gasteiger partial charge on any atom is 0.243 e. The molecule has 4 nitrogen and oxygen atoms in total. The molecule has 2 aromatic carbocycles. The number of hydrogen-bond donors (Lipinski definition) is 2. The zero-order chi connectivity index (χ0) is 15.9. The molecule has 0 heterocycles. The first-order valence-corrected chi connectivity index (χ1v) is 6.91. The lowest BCUT2D eigenvalue weighted by Crippen LogP contribution is -2.22. The number of amides is 1. The van der Waals surface area contributed by atoms with Gasteiger partial charge in [-0.1, -0.05) is 29.8 Å². The normalized spacial score (nSPS) is 9.86. The number of carbonyl (C=O) groups is 1. The van der Waals surface area contributed by atoms with Crippen molar-refractivity contribution in [3.8, 4) is 6.07 Å². The van der Waals surface area contributed by atoms with Gasteiger partial charge in [-0.3, -0.25) is 4.79 Å². The lowest BCUT2D eigenvalue weighted by atomic mass is 10.1. The number of halogens is 2. The van der Waals surface area contributed by atoms with Crippen molar-refractivity contribution in [2.75, 3.05) is 17.2 Å². The maximum atomic E-state index is 13.6. The molecule has 112 valence electrons. The van der Waals surface area contributed by atoms with Gasteiger partial charge in [0.25, 0.3) is 0 Å². The van der Waals surface area contributed by atoms with Crippen molar-refractivity contribution in [1.29, 1.82) is 5.26 Å². The number of carbonyl (C=O) groups excluding carboxylic acids is 1. The summed E-state index contributed by atoms with van der Waals surface area (Å²) in [6.45, 7) is -0.0861. The molecule has 0 aliphatic rings. The van der Waals surface area contributed by atoms with Crippen LogP contribution < -0.4 is 10.6 Å². The van der Waals surface area contributed by atoms with Crippen molar-refractivity contribution in [2.45, 2.75) is 6.42 Å². The zero-order valence-corrected chi connectivity index (χ0v) is 12.3. The molecule has 1 amide bonds. The molecule has 2 rings (SSSR count). The van der Waals surface area contributed by atoms with Crippen LogP contribution in [0.3, 0.4) is 0 Å². The van der Waals surface area contributed by atoms with Crippen molar-refractivity contribution in [1.82, 2.24) is 0 Å². The van der Waals surface area contributed by atoms with Crippen LogP contribution in [0.25, 0.3) is 0 Å². The first-order chi connectivity index (χ1) is 10.6. The fraction of sp³-hybridized carbons (Fsp3) is 0.125. The van der Waals surface area contributed by atoms with E-state index in [4.69, 9.17) is 16.9 Å². The average Bonchev–Trinajstić information content (AvgIpc) is 2.51. The van der Waals surface area contributed by atoms with Crippen molar-refractivity contribution in [2.24, 2.45) is 0 Å². The number of nitriles is 1. The van der Waals surface area contributed by atoms with Crippen LogP contribution in [-0.2, 0) is 11.2 Å². The number of nitrogens with zero attached hydrogens (tertiary/aromatic N) is 1. The molecule has 0 saturated carbocycles. The Morgan fingerprint density at radius 2 is 1.95 bits per heavy atom. The van der Waals surface area contributed by atoms with Gasteiger partial charge in [-0.15, -0.1) is 0 Å². The smallest absolute Gasteiger partial charge is 0.243 e. The van der Waals surface area contributed by atoms with Crippen molar-refractivity contribution >= 4 is 28.9 Å². The van der Waals surface area contributed by atoms with Gasteiger partial charge in [-0.2, -0.15) is 5.26 Å². The summed E-state index contributed by atoms with van der Waals surface area (Å²) in [5, 5.41) is 14.0. The minimum atomic E-state index is -0.585. The van der Waals surface area contributed by atoms with Gasteiger partial charge >= 0.3 is 0 Å². The molecule has 0 fully saturated rings. The van der Waals surface area contributed by atoms with E-state index in [0.717, 1.165) is 5.56 Å². The summed E-state index contributed by atoms with van der Waals surface area (Å²) in [6, 6.07) is 13.5. The third kappa shape index (κ3) is 4.21. The predicted octanol–water partition coefficient (Wildman–Crippen LogP) is 3.60. The fourth-order valence-electron chi connectivity index (χ4n) is 1.82. The standard InChI is InChI=1S/C16H13ClFN3O/c17-13-2-1-3-14(16(13)18)20-10-15(22)21-12-6-4-11(5-7-12)8-9-19/h1-7,20H,8,10H2,(H,21,22). The van der Waals surface area contributed by atoms with Gasteiger partial charge in [0.2, 0.25) is 5.91 Å². The van der Waals surface area contributed by atoms with Gasteiger partial charge in [-0.25, -0.2) is 4.39 Å². The Labute approximate surface area is 132 Å². The Morgan fingerprint density at radius 3 is 2.64 bits per heavy atom. The number of rotatable bonds is 5. The largest absolute Gasteiger partial charge is 0.374 e. The summed E-state index contributed by atoms with van der Waals surface area (Å²) in [5.74, 6) is -0.898. The molecular weight excluding hydrogens is 305 g/mol. The molecule has 0 bridgehead atoms. The summed E-state index contributed by atoms with van der Waals surface area (Å²) in [5.41, 5.74) is 1.66. The van der Waals surface area contributed by atoms with Crippen LogP contribution in [0.2, 0.25) is 5.02 Å². The molecule has 2 N–H and O–H groups in total. The molecule has 6 heteroatoms. The van der Waals surface area contributed by atoms with Gasteiger partial charge in [0.1, 0.15) is 0 Å². The lowest BCUT2D eigenvalue weighted by molar-refractivity contribution is -0.114. The number of benzene rings is 2. The Bertz CT molecular complexity index is 710. The summed E-state index contributed by atoms with van der Waals surface area (Å²) in [6.07, 6.45) is 0.323. The predicted molar refractivity (Wildman–Crippen MR) is 84.3 cm³/mol. The topological polar surface area (TPSA) is 64.9 Å². The van der Waals surface area contributed by atoms with E-state index in [0.29, 0.717) is 12.1 Å². The first kappa shape index (κ1) is 15.8. The second-order valence-corrected chi connectivity index (χ2v) is 4.94. The summed E-state index contributed by atoms with van der Waals surface area (Å²) in [7, 11) is 0. The van der Waals surface area contributed by atoms with Crippen molar-refractivity contribution in [3.05, 3.63) is 58.9 Å². The Balaban J connectivity index is 1.90. The Hall–Kier alpha value is -2.58. The monoisotopic (exact) mass is 317 g/mol. The number of hydrogen-bond acceptors (Lipinski definition) is 3. The average molecular weight is 318 g/mol. The van der Waals surface area contributed by atoms with Crippen LogP contribution in [0.4, 0.5) is 15.8 Å². The van der Waals surface area contributed by atoms with E-state index in [1.54, 1.807) is 30.3 Å². The zero-order valence-electron chi connectivity index (χ0n) is 11.6. The molecule has 0 radical (unpaired) electrons. The van der Waals surface area contributed by atoms with Crippen LogP contribution in [0.5, 0.6) is 0 Å². The summed E-state index contributed by atoms with van der Waals surface area (Å²) >= 11 is 5.66. The molecule has 0 aliphatic heterocycles. The van der Waals surface area contributed by atoms with Gasteiger partial charge in [0.15, 0.2) is 5.82 Å². The van der Waals surface area contributed by atoms with E-state index >= 15 is 0 Å². The van der Waals surface area contributed by atoms with Crippen LogP contribution >= 0.6 is 11.6 Å². The second kappa shape index (κ2) is 7.43. The third-order valence-corrected chi connectivity index (χ3v) is 3.20. The van der Waals surface area contributed by atoms with Crippen LogP contribution in [-0.4, -0.2) is 12.5 Å². The molecule has 2 aromatic rings. The molecule has 22 heavy (non-hydrogen) atoms. The van der Waals surface area contributed by atoms with Crippen LogP contribution in [0.15, 0.2) is 42.5 Å². The molecule has 0 aliphatic carbocycles. The van der Waals surface area contributed by atoms with E-state index in [9.17, 15) is 9.18 Å². The van der Waals surface area contributed by atoms with Gasteiger partial charge in [0.05, 0.1) is 29.7 Å². The van der Waals surface area contributed by atoms with Crippen molar-refractivity contribution < 1.29 is 9.18 Å². The third-order valence-electron chi connectivity index (χ3n) is 2.91. The Kier molecular flexibility index (Phi) is 5.34. The van der Waals surface area contributed by atoms with Crippen LogP contribution in [0, 0.1) is 17.1 Å². The highest BCUT2D eigenvalue weighted by Crippen LogP contribution is 2.21. The SMILES string of the molecule is N#CCc1ccc(NC(=O)CNc2cccc(Cl)c2F)cc1. The quantitative estimate of drug-likeness (QED) is 0.885. The maximum absolute atomic E-state index is 13.6. The number of anilines is 2.